The van der Waals surface area contributed by atoms with Gasteiger partial charge in [0.1, 0.15) is 5.75 Å². The number of ether oxygens (including phenoxy) is 1. The van der Waals surface area contributed by atoms with Crippen molar-refractivity contribution in [1.29, 1.82) is 0 Å². The molecule has 0 aliphatic rings. The van der Waals surface area contributed by atoms with Gasteiger partial charge in [0.2, 0.25) is 0 Å². The van der Waals surface area contributed by atoms with Gasteiger partial charge in [0.15, 0.2) is 0 Å². The smallest absolute Gasteiger partial charge is 0.261 e. The van der Waals surface area contributed by atoms with Crippen molar-refractivity contribution in [2.75, 3.05) is 16.6 Å². The maximum absolute atomic E-state index is 12.9. The Bertz CT molecular complexity index is 1260. The van der Waals surface area contributed by atoms with Crippen molar-refractivity contribution in [3.63, 3.8) is 0 Å². The molecular weight excluding hydrogens is 504 g/mol. The normalized spacial score (nSPS) is 11.3. The lowest BCUT2D eigenvalue weighted by atomic mass is 10.1. The monoisotopic (exact) mass is 530 g/mol. The first kappa shape index (κ1) is 24.8. The van der Waals surface area contributed by atoms with E-state index in [0.717, 1.165) is 15.6 Å². The fourth-order valence-electron chi connectivity index (χ4n) is 3.00. The third kappa shape index (κ3) is 6.58. The Morgan fingerprint density at radius 3 is 2.24 bits per heavy atom. The van der Waals surface area contributed by atoms with Crippen molar-refractivity contribution in [3.05, 3.63) is 81.8 Å². The summed E-state index contributed by atoms with van der Waals surface area (Å²) in [4.78, 5) is 13.0. The summed E-state index contributed by atoms with van der Waals surface area (Å²) in [6, 6.07) is 16.7. The summed E-state index contributed by atoms with van der Waals surface area (Å²) in [6.07, 6.45) is 0. The van der Waals surface area contributed by atoms with E-state index in [-0.39, 0.29) is 10.8 Å². The average Bonchev–Trinajstić information content (AvgIpc) is 2.75. The summed E-state index contributed by atoms with van der Waals surface area (Å²) >= 11 is 3.39. The van der Waals surface area contributed by atoms with Crippen molar-refractivity contribution in [1.82, 2.24) is 0 Å². The van der Waals surface area contributed by atoms with Crippen molar-refractivity contribution in [3.8, 4) is 5.75 Å². The minimum Gasteiger partial charge on any atom is -0.492 e. The highest BCUT2D eigenvalue weighted by molar-refractivity contribution is 9.10. The number of carbonyl (C=O) groups excluding carboxylic acids is 1. The number of hydrogen-bond acceptors (Lipinski definition) is 4. The van der Waals surface area contributed by atoms with Gasteiger partial charge < -0.3 is 10.1 Å². The number of benzene rings is 3. The quantitative estimate of drug-likeness (QED) is 0.365. The minimum absolute atomic E-state index is 0.0992. The van der Waals surface area contributed by atoms with Gasteiger partial charge in [-0.3, -0.25) is 9.52 Å². The van der Waals surface area contributed by atoms with Gasteiger partial charge in [0.25, 0.3) is 15.9 Å². The van der Waals surface area contributed by atoms with E-state index in [1.807, 2.05) is 39.8 Å². The summed E-state index contributed by atoms with van der Waals surface area (Å²) in [5.74, 6) is 0.455. The number of sulfonamides is 1. The molecule has 8 heteroatoms. The van der Waals surface area contributed by atoms with Crippen LogP contribution in [0, 0.1) is 19.8 Å². The predicted octanol–water partition coefficient (Wildman–Crippen LogP) is 6.15. The number of amides is 1. The molecule has 0 aliphatic carbocycles. The Hall–Kier alpha value is -2.84. The van der Waals surface area contributed by atoms with Gasteiger partial charge in [-0.15, -0.1) is 0 Å². The summed E-state index contributed by atoms with van der Waals surface area (Å²) in [7, 11) is -3.76. The maximum atomic E-state index is 12.9. The standard InChI is InChI=1S/C25H27BrN2O4S/c1-16(2)15-32-24-12-6-19(26)14-23(24)25(29)27-20-8-10-22(11-9-20)33(30,31)28-21-7-5-17(3)18(4)13-21/h5-14,16,28H,15H2,1-4H3,(H,27,29). The number of nitrogens with one attached hydrogen (secondary N) is 2. The first-order valence-corrected chi connectivity index (χ1v) is 12.8. The van der Waals surface area contributed by atoms with Crippen molar-refractivity contribution in [2.45, 2.75) is 32.6 Å². The highest BCUT2D eigenvalue weighted by Crippen LogP contribution is 2.26. The molecule has 6 nitrogen and oxygen atoms in total. The van der Waals surface area contributed by atoms with E-state index < -0.39 is 10.0 Å². The van der Waals surface area contributed by atoms with Gasteiger partial charge in [-0.25, -0.2) is 8.42 Å². The van der Waals surface area contributed by atoms with E-state index in [2.05, 4.69) is 26.0 Å². The van der Waals surface area contributed by atoms with E-state index in [4.69, 9.17) is 4.74 Å². The van der Waals surface area contributed by atoms with Crippen LogP contribution in [-0.2, 0) is 10.0 Å². The van der Waals surface area contributed by atoms with Crippen LogP contribution in [0.4, 0.5) is 11.4 Å². The fourth-order valence-corrected chi connectivity index (χ4v) is 4.41. The molecule has 0 radical (unpaired) electrons. The molecule has 174 valence electrons. The molecule has 3 aromatic rings. The number of halogens is 1. The Labute approximate surface area is 203 Å². The number of carbonyl (C=O) groups is 1. The van der Waals surface area contributed by atoms with Crippen LogP contribution in [0.25, 0.3) is 0 Å². The Morgan fingerprint density at radius 1 is 0.939 bits per heavy atom. The molecule has 1 amide bonds. The van der Waals surface area contributed by atoms with Gasteiger partial charge in [-0.2, -0.15) is 0 Å². The van der Waals surface area contributed by atoms with E-state index in [0.29, 0.717) is 35.2 Å². The van der Waals surface area contributed by atoms with Crippen LogP contribution in [0.2, 0.25) is 0 Å². The summed E-state index contributed by atoms with van der Waals surface area (Å²) in [5.41, 5.74) is 3.44. The second-order valence-corrected chi connectivity index (χ2v) is 10.8. The summed E-state index contributed by atoms with van der Waals surface area (Å²) < 4.78 is 34.6. The molecule has 0 aliphatic heterocycles. The topological polar surface area (TPSA) is 84.5 Å². The van der Waals surface area contributed by atoms with Gasteiger partial charge >= 0.3 is 0 Å². The average molecular weight is 531 g/mol. The zero-order valence-corrected chi connectivity index (χ0v) is 21.4. The number of hydrogen-bond donors (Lipinski definition) is 2. The molecule has 3 rings (SSSR count). The van der Waals surface area contributed by atoms with Crippen LogP contribution >= 0.6 is 15.9 Å². The third-order valence-corrected chi connectivity index (χ3v) is 6.83. The van der Waals surface area contributed by atoms with E-state index in [9.17, 15) is 13.2 Å². The summed E-state index contributed by atoms with van der Waals surface area (Å²) in [5, 5.41) is 2.80. The number of anilines is 2. The lowest BCUT2D eigenvalue weighted by Crippen LogP contribution is -2.16. The van der Waals surface area contributed by atoms with Gasteiger partial charge in [0, 0.05) is 15.8 Å². The molecule has 0 atom stereocenters. The van der Waals surface area contributed by atoms with Crippen LogP contribution in [0.15, 0.2) is 70.0 Å². The molecule has 0 spiro atoms. The van der Waals surface area contributed by atoms with Gasteiger partial charge in [-0.1, -0.05) is 35.8 Å². The molecule has 3 aromatic carbocycles. The third-order valence-electron chi connectivity index (χ3n) is 4.94. The van der Waals surface area contributed by atoms with Crippen molar-refractivity contribution < 1.29 is 17.9 Å². The van der Waals surface area contributed by atoms with E-state index in [1.165, 1.54) is 12.1 Å². The van der Waals surface area contributed by atoms with Crippen LogP contribution in [0.1, 0.15) is 35.3 Å². The second-order valence-electron chi connectivity index (χ2n) is 8.23. The zero-order valence-electron chi connectivity index (χ0n) is 19.0. The predicted molar refractivity (Wildman–Crippen MR) is 136 cm³/mol. The Kier molecular flexibility index (Phi) is 7.81. The molecule has 0 saturated carbocycles. The highest BCUT2D eigenvalue weighted by Gasteiger charge is 2.17. The van der Waals surface area contributed by atoms with E-state index in [1.54, 1.807) is 36.4 Å². The molecule has 0 heterocycles. The molecule has 33 heavy (non-hydrogen) atoms. The van der Waals surface area contributed by atoms with Crippen LogP contribution in [0.3, 0.4) is 0 Å². The highest BCUT2D eigenvalue weighted by atomic mass is 79.9. The molecule has 0 unspecified atom stereocenters. The lowest BCUT2D eigenvalue weighted by Gasteiger charge is -2.14. The molecule has 2 N–H and O–H groups in total. The Morgan fingerprint density at radius 2 is 1.61 bits per heavy atom. The molecule has 0 saturated heterocycles. The van der Waals surface area contributed by atoms with Crippen LogP contribution in [-0.4, -0.2) is 20.9 Å². The van der Waals surface area contributed by atoms with Gasteiger partial charge in [0.05, 0.1) is 17.1 Å². The molecule has 0 bridgehead atoms. The van der Waals surface area contributed by atoms with Crippen LogP contribution in [0.5, 0.6) is 5.75 Å². The molecule has 0 fully saturated rings. The number of rotatable bonds is 8. The van der Waals surface area contributed by atoms with Crippen molar-refractivity contribution in [2.24, 2.45) is 5.92 Å². The first-order valence-electron chi connectivity index (χ1n) is 10.5. The number of aryl methyl sites for hydroxylation is 2. The van der Waals surface area contributed by atoms with Crippen LogP contribution < -0.4 is 14.8 Å². The van der Waals surface area contributed by atoms with E-state index >= 15 is 0 Å². The minimum atomic E-state index is -3.76. The molecule has 0 aromatic heterocycles. The largest absolute Gasteiger partial charge is 0.492 e. The second kappa shape index (κ2) is 10.4. The molecular formula is C25H27BrN2O4S. The first-order chi connectivity index (χ1) is 15.5. The zero-order chi connectivity index (χ0) is 24.2. The maximum Gasteiger partial charge on any atom is 0.261 e. The van der Waals surface area contributed by atoms with Crippen molar-refractivity contribution >= 4 is 43.2 Å². The van der Waals surface area contributed by atoms with Gasteiger partial charge in [-0.05, 0) is 85.5 Å². The summed E-state index contributed by atoms with van der Waals surface area (Å²) in [6.45, 7) is 8.44. The fraction of sp³-hybridized carbons (Fsp3) is 0.240. The lowest BCUT2D eigenvalue weighted by molar-refractivity contribution is 0.102. The SMILES string of the molecule is Cc1ccc(NS(=O)(=O)c2ccc(NC(=O)c3cc(Br)ccc3OCC(C)C)cc2)cc1C. The Balaban J connectivity index is 1.74.